The van der Waals surface area contributed by atoms with Gasteiger partial charge in [-0.05, 0) is 5.56 Å². The highest BCUT2D eigenvalue weighted by Crippen LogP contribution is 2.22. The van der Waals surface area contributed by atoms with Crippen LogP contribution in [-0.4, -0.2) is 22.2 Å². The summed E-state index contributed by atoms with van der Waals surface area (Å²) in [7, 11) is 1.49. The van der Waals surface area contributed by atoms with Gasteiger partial charge < -0.3 is 9.84 Å². The second-order valence-electron chi connectivity index (χ2n) is 3.78. The fourth-order valence-corrected chi connectivity index (χ4v) is 1.77. The van der Waals surface area contributed by atoms with Gasteiger partial charge in [0.15, 0.2) is 0 Å². The fourth-order valence-electron chi connectivity index (χ4n) is 1.60. The number of aliphatic hydroxyl groups is 1. The van der Waals surface area contributed by atoms with E-state index in [4.69, 9.17) is 16.3 Å². The van der Waals surface area contributed by atoms with Crippen LogP contribution in [0.3, 0.4) is 0 Å². The van der Waals surface area contributed by atoms with E-state index in [2.05, 4.69) is 9.97 Å². The summed E-state index contributed by atoms with van der Waals surface area (Å²) in [6, 6.07) is 9.61. The molecule has 0 spiro atoms. The number of rotatable bonds is 4. The largest absolute Gasteiger partial charge is 0.467 e. The van der Waals surface area contributed by atoms with Gasteiger partial charge in [0.25, 0.3) is 0 Å². The van der Waals surface area contributed by atoms with Gasteiger partial charge in [0.1, 0.15) is 0 Å². The van der Waals surface area contributed by atoms with Gasteiger partial charge in [-0.3, -0.25) is 0 Å². The van der Waals surface area contributed by atoms with Crippen molar-refractivity contribution >= 4 is 11.6 Å². The van der Waals surface area contributed by atoms with E-state index in [1.165, 1.54) is 13.3 Å². The number of benzene rings is 1. The van der Waals surface area contributed by atoms with E-state index in [1.807, 2.05) is 30.3 Å². The maximum Gasteiger partial charge on any atom is 0.316 e. The van der Waals surface area contributed by atoms with Gasteiger partial charge in [-0.25, -0.2) is 4.98 Å². The quantitative estimate of drug-likeness (QED) is 0.921. The lowest BCUT2D eigenvalue weighted by molar-refractivity contribution is 0.177. The maximum absolute atomic E-state index is 10.1. The average molecular weight is 265 g/mol. The zero-order chi connectivity index (χ0) is 13.0. The molecule has 1 aromatic carbocycles. The number of nitrogens with zero attached hydrogens (tertiary/aromatic N) is 2. The molecule has 0 amide bonds. The Balaban J connectivity index is 2.18. The molecule has 5 heteroatoms. The fraction of sp³-hybridized carbons (Fsp3) is 0.231. The van der Waals surface area contributed by atoms with Crippen molar-refractivity contribution in [3.05, 3.63) is 52.8 Å². The van der Waals surface area contributed by atoms with E-state index in [0.717, 1.165) is 5.56 Å². The smallest absolute Gasteiger partial charge is 0.316 e. The number of hydrogen-bond donors (Lipinski definition) is 1. The third-order valence-corrected chi connectivity index (χ3v) is 2.86. The molecule has 94 valence electrons. The topological polar surface area (TPSA) is 55.2 Å². The Kier molecular flexibility index (Phi) is 4.12. The summed E-state index contributed by atoms with van der Waals surface area (Å²) in [5, 5.41) is 10.5. The van der Waals surface area contributed by atoms with Gasteiger partial charge in [-0.15, -0.1) is 0 Å². The van der Waals surface area contributed by atoms with E-state index in [0.29, 0.717) is 17.1 Å². The van der Waals surface area contributed by atoms with Crippen LogP contribution in [0.15, 0.2) is 36.5 Å². The zero-order valence-corrected chi connectivity index (χ0v) is 10.6. The zero-order valence-electron chi connectivity index (χ0n) is 9.88. The molecule has 18 heavy (non-hydrogen) atoms. The van der Waals surface area contributed by atoms with Crippen molar-refractivity contribution in [1.29, 1.82) is 0 Å². The first-order valence-corrected chi connectivity index (χ1v) is 5.87. The Morgan fingerprint density at radius 1 is 1.33 bits per heavy atom. The van der Waals surface area contributed by atoms with Crippen LogP contribution in [0.25, 0.3) is 0 Å². The molecule has 0 saturated heterocycles. The SMILES string of the molecule is COc1ncc(Cl)c(CC(O)c2ccccc2)n1. The second-order valence-corrected chi connectivity index (χ2v) is 4.19. The standard InChI is InChI=1S/C13H13ClN2O2/c1-18-13-15-8-10(14)11(16-13)7-12(17)9-5-3-2-4-6-9/h2-6,8,12,17H,7H2,1H3. The highest BCUT2D eigenvalue weighted by Gasteiger charge is 2.13. The van der Waals surface area contributed by atoms with Crippen molar-refractivity contribution in [2.45, 2.75) is 12.5 Å². The first-order valence-electron chi connectivity index (χ1n) is 5.49. The monoisotopic (exact) mass is 264 g/mol. The van der Waals surface area contributed by atoms with Gasteiger partial charge in [0.2, 0.25) is 0 Å². The van der Waals surface area contributed by atoms with E-state index < -0.39 is 6.10 Å². The number of ether oxygens (including phenoxy) is 1. The summed E-state index contributed by atoms with van der Waals surface area (Å²) < 4.78 is 4.93. The van der Waals surface area contributed by atoms with Gasteiger partial charge >= 0.3 is 6.01 Å². The predicted molar refractivity (Wildman–Crippen MR) is 68.7 cm³/mol. The van der Waals surface area contributed by atoms with Crippen LogP contribution >= 0.6 is 11.6 Å². The molecule has 4 nitrogen and oxygen atoms in total. The van der Waals surface area contributed by atoms with Gasteiger partial charge in [-0.2, -0.15) is 4.98 Å². The molecular weight excluding hydrogens is 252 g/mol. The molecule has 0 saturated carbocycles. The van der Waals surface area contributed by atoms with E-state index in [-0.39, 0.29) is 6.01 Å². The molecule has 0 fully saturated rings. The molecular formula is C13H13ClN2O2. The molecule has 0 radical (unpaired) electrons. The summed E-state index contributed by atoms with van der Waals surface area (Å²) in [5.41, 5.74) is 1.39. The number of hydrogen-bond acceptors (Lipinski definition) is 4. The average Bonchev–Trinajstić information content (AvgIpc) is 2.42. The third-order valence-electron chi connectivity index (χ3n) is 2.55. The van der Waals surface area contributed by atoms with Crippen LogP contribution in [-0.2, 0) is 6.42 Å². The number of aliphatic hydroxyl groups excluding tert-OH is 1. The molecule has 0 bridgehead atoms. The second kappa shape index (κ2) is 5.80. The van der Waals surface area contributed by atoms with Crippen molar-refractivity contribution in [3.63, 3.8) is 0 Å². The normalized spacial score (nSPS) is 12.2. The minimum absolute atomic E-state index is 0.245. The Morgan fingerprint density at radius 2 is 2.06 bits per heavy atom. The van der Waals surface area contributed by atoms with Crippen molar-refractivity contribution in [1.82, 2.24) is 9.97 Å². The lowest BCUT2D eigenvalue weighted by atomic mass is 10.1. The summed E-state index contributed by atoms with van der Waals surface area (Å²) in [6.07, 6.45) is 1.14. The van der Waals surface area contributed by atoms with Crippen LogP contribution in [0.1, 0.15) is 17.4 Å². The maximum atomic E-state index is 10.1. The molecule has 2 aromatic rings. The molecule has 0 aliphatic heterocycles. The van der Waals surface area contributed by atoms with Crippen LogP contribution in [0.4, 0.5) is 0 Å². The van der Waals surface area contributed by atoms with Crippen molar-refractivity contribution < 1.29 is 9.84 Å². The molecule has 1 aromatic heterocycles. The van der Waals surface area contributed by atoms with Crippen molar-refractivity contribution in [2.24, 2.45) is 0 Å². The minimum Gasteiger partial charge on any atom is -0.467 e. The van der Waals surface area contributed by atoms with Crippen molar-refractivity contribution in [3.8, 4) is 6.01 Å². The number of methoxy groups -OCH3 is 1. The molecule has 1 atom stereocenters. The predicted octanol–water partition coefficient (Wildman–Crippen LogP) is 2.41. The summed E-state index contributed by atoms with van der Waals surface area (Å²) in [6.45, 7) is 0. The van der Waals surface area contributed by atoms with Gasteiger partial charge in [0.05, 0.1) is 30.1 Å². The minimum atomic E-state index is -0.650. The number of aromatic nitrogens is 2. The summed E-state index contributed by atoms with van der Waals surface area (Å²) in [5.74, 6) is 0. The highest BCUT2D eigenvalue weighted by molar-refractivity contribution is 6.31. The van der Waals surface area contributed by atoms with Crippen LogP contribution in [0.2, 0.25) is 5.02 Å². The highest BCUT2D eigenvalue weighted by atomic mass is 35.5. The first kappa shape index (κ1) is 12.8. The Morgan fingerprint density at radius 3 is 2.72 bits per heavy atom. The van der Waals surface area contributed by atoms with E-state index in [1.54, 1.807) is 0 Å². The van der Waals surface area contributed by atoms with Crippen molar-refractivity contribution in [2.75, 3.05) is 7.11 Å². The third kappa shape index (κ3) is 2.97. The summed E-state index contributed by atoms with van der Waals surface area (Å²) in [4.78, 5) is 8.02. The molecule has 2 rings (SSSR count). The Labute approximate surface area is 110 Å². The lowest BCUT2D eigenvalue weighted by Crippen LogP contribution is -2.05. The van der Waals surface area contributed by atoms with Gasteiger partial charge in [0, 0.05) is 6.42 Å². The summed E-state index contributed by atoms with van der Waals surface area (Å²) >= 11 is 5.99. The Hall–Kier alpha value is -1.65. The Bertz CT molecular complexity index is 520. The van der Waals surface area contributed by atoms with E-state index >= 15 is 0 Å². The molecule has 0 aliphatic carbocycles. The molecule has 1 heterocycles. The molecule has 0 aliphatic rings. The van der Waals surface area contributed by atoms with Gasteiger partial charge in [-0.1, -0.05) is 41.9 Å². The van der Waals surface area contributed by atoms with Crippen LogP contribution in [0.5, 0.6) is 6.01 Å². The molecule has 1 unspecified atom stereocenters. The van der Waals surface area contributed by atoms with Crippen LogP contribution in [0, 0.1) is 0 Å². The molecule has 1 N–H and O–H groups in total. The number of halogens is 1. The lowest BCUT2D eigenvalue weighted by Gasteiger charge is -2.11. The van der Waals surface area contributed by atoms with E-state index in [9.17, 15) is 5.11 Å². The first-order chi connectivity index (χ1) is 8.70. The van der Waals surface area contributed by atoms with Crippen LogP contribution < -0.4 is 4.74 Å².